The summed E-state index contributed by atoms with van der Waals surface area (Å²) in [6.07, 6.45) is 0.507. The Labute approximate surface area is 160 Å². The Hall–Kier alpha value is -3.81. The molecule has 0 aliphatic carbocycles. The van der Waals surface area contributed by atoms with Gasteiger partial charge in [0.15, 0.2) is 5.69 Å². The number of ether oxygens (including phenoxy) is 1. The van der Waals surface area contributed by atoms with E-state index < -0.39 is 17.9 Å². The third-order valence-electron chi connectivity index (χ3n) is 4.26. The van der Waals surface area contributed by atoms with E-state index in [9.17, 15) is 14.7 Å². The lowest BCUT2D eigenvalue weighted by atomic mass is 10.1. The van der Waals surface area contributed by atoms with E-state index in [4.69, 9.17) is 9.26 Å². The van der Waals surface area contributed by atoms with Crippen molar-refractivity contribution in [2.45, 2.75) is 12.5 Å². The third-order valence-corrected chi connectivity index (χ3v) is 4.26. The van der Waals surface area contributed by atoms with Gasteiger partial charge in [-0.2, -0.15) is 0 Å². The molecule has 1 unspecified atom stereocenters. The minimum Gasteiger partial charge on any atom is -0.508 e. The summed E-state index contributed by atoms with van der Waals surface area (Å²) < 4.78 is 10.8. The summed E-state index contributed by atoms with van der Waals surface area (Å²) in [6.45, 7) is -0.0806. The van der Waals surface area contributed by atoms with E-state index in [1.807, 2.05) is 30.3 Å². The summed E-state index contributed by atoms with van der Waals surface area (Å²) in [4.78, 5) is 24.8. The molecule has 2 amide bonds. The summed E-state index contributed by atoms with van der Waals surface area (Å²) >= 11 is 0. The van der Waals surface area contributed by atoms with Gasteiger partial charge in [-0.1, -0.05) is 35.5 Å². The second-order valence-electron chi connectivity index (χ2n) is 6.35. The Bertz CT molecular complexity index is 1020. The van der Waals surface area contributed by atoms with E-state index in [-0.39, 0.29) is 18.1 Å². The molecule has 1 aliphatic heterocycles. The number of aromatic nitrogens is 1. The number of phenols is 1. The van der Waals surface area contributed by atoms with Crippen molar-refractivity contribution < 1.29 is 24.0 Å². The number of rotatable bonds is 4. The van der Waals surface area contributed by atoms with Crippen LogP contribution in [0.3, 0.4) is 0 Å². The first-order valence-electron chi connectivity index (χ1n) is 8.65. The van der Waals surface area contributed by atoms with Gasteiger partial charge in [0.1, 0.15) is 29.9 Å². The molecule has 0 bridgehead atoms. The van der Waals surface area contributed by atoms with Crippen LogP contribution in [-0.2, 0) is 11.2 Å². The highest BCUT2D eigenvalue weighted by atomic mass is 16.5. The van der Waals surface area contributed by atoms with Crippen molar-refractivity contribution in [3.05, 3.63) is 71.6 Å². The second kappa shape index (κ2) is 7.43. The van der Waals surface area contributed by atoms with Gasteiger partial charge in [0, 0.05) is 18.6 Å². The van der Waals surface area contributed by atoms with Crippen LogP contribution in [-0.4, -0.2) is 34.7 Å². The van der Waals surface area contributed by atoms with Gasteiger partial charge in [-0.3, -0.25) is 9.59 Å². The van der Waals surface area contributed by atoms with Crippen molar-refractivity contribution in [3.8, 4) is 11.5 Å². The van der Waals surface area contributed by atoms with Gasteiger partial charge in [-0.05, 0) is 17.7 Å². The lowest BCUT2D eigenvalue weighted by molar-refractivity contribution is -0.118. The molecule has 1 aliphatic rings. The number of benzene rings is 2. The molecule has 0 spiro atoms. The van der Waals surface area contributed by atoms with E-state index in [1.165, 1.54) is 18.2 Å². The van der Waals surface area contributed by atoms with Crippen molar-refractivity contribution in [2.24, 2.45) is 0 Å². The highest BCUT2D eigenvalue weighted by molar-refractivity contribution is 6.01. The van der Waals surface area contributed by atoms with Crippen LogP contribution in [0.25, 0.3) is 0 Å². The summed E-state index contributed by atoms with van der Waals surface area (Å²) in [7, 11) is 0. The third kappa shape index (κ3) is 3.80. The number of fused-ring (bicyclic) bond motifs is 1. The molecular weight excluding hydrogens is 362 g/mol. The van der Waals surface area contributed by atoms with Gasteiger partial charge in [0.2, 0.25) is 0 Å². The minimum atomic E-state index is -0.920. The average Bonchev–Trinajstić information content (AvgIpc) is 3.10. The first kappa shape index (κ1) is 17.6. The van der Waals surface area contributed by atoms with Crippen LogP contribution in [0, 0.1) is 0 Å². The highest BCUT2D eigenvalue weighted by Gasteiger charge is 2.27. The molecule has 8 heteroatoms. The molecule has 3 aromatic rings. The molecule has 8 nitrogen and oxygen atoms in total. The zero-order chi connectivity index (χ0) is 19.5. The molecule has 1 atom stereocenters. The van der Waals surface area contributed by atoms with Gasteiger partial charge < -0.3 is 25.0 Å². The molecule has 2 aromatic carbocycles. The quantitative estimate of drug-likeness (QED) is 0.598. The van der Waals surface area contributed by atoms with E-state index in [0.717, 1.165) is 5.56 Å². The predicted molar refractivity (Wildman–Crippen MR) is 99.2 cm³/mol. The second-order valence-corrected chi connectivity index (χ2v) is 6.35. The maximum absolute atomic E-state index is 12.5. The van der Waals surface area contributed by atoms with Crippen LogP contribution < -0.4 is 15.4 Å². The summed E-state index contributed by atoms with van der Waals surface area (Å²) in [5.41, 5.74) is 1.53. The fourth-order valence-corrected chi connectivity index (χ4v) is 2.84. The zero-order valence-electron chi connectivity index (χ0n) is 14.7. The zero-order valence-corrected chi connectivity index (χ0v) is 14.7. The van der Waals surface area contributed by atoms with E-state index in [2.05, 4.69) is 15.8 Å². The first-order chi connectivity index (χ1) is 13.6. The summed E-state index contributed by atoms with van der Waals surface area (Å²) in [6, 6.07) is 14.6. The van der Waals surface area contributed by atoms with Gasteiger partial charge in [0.25, 0.3) is 11.8 Å². The van der Waals surface area contributed by atoms with Crippen LogP contribution in [0.5, 0.6) is 11.5 Å². The van der Waals surface area contributed by atoms with E-state index in [1.54, 1.807) is 6.07 Å². The number of hydrogen-bond donors (Lipinski definition) is 3. The van der Waals surface area contributed by atoms with Crippen molar-refractivity contribution >= 4 is 17.5 Å². The van der Waals surface area contributed by atoms with Gasteiger partial charge in [-0.15, -0.1) is 0 Å². The fraction of sp³-hybridized carbons (Fsp3) is 0.150. The van der Waals surface area contributed by atoms with Crippen molar-refractivity contribution in [1.82, 2.24) is 10.5 Å². The topological polar surface area (TPSA) is 114 Å². The van der Waals surface area contributed by atoms with E-state index in [0.29, 0.717) is 23.6 Å². The Morgan fingerprint density at radius 1 is 1.21 bits per heavy atom. The number of hydrogen-bond acceptors (Lipinski definition) is 6. The molecule has 0 saturated heterocycles. The molecule has 3 N–H and O–H groups in total. The maximum Gasteiger partial charge on any atom is 0.274 e. The molecule has 1 aromatic heterocycles. The maximum atomic E-state index is 12.5. The number of nitrogens with zero attached hydrogens (tertiary/aromatic N) is 1. The molecule has 0 fully saturated rings. The smallest absolute Gasteiger partial charge is 0.274 e. The molecule has 0 saturated carbocycles. The number of phenolic OH excluding ortho intramolecular Hbond substituents is 1. The molecular formula is C20H17N3O5. The van der Waals surface area contributed by atoms with Gasteiger partial charge in [0.05, 0.1) is 5.69 Å². The number of aromatic hydroxyl groups is 1. The van der Waals surface area contributed by atoms with Crippen molar-refractivity contribution in [3.63, 3.8) is 0 Å². The summed E-state index contributed by atoms with van der Waals surface area (Å²) in [5, 5.41) is 18.6. The molecule has 0 radical (unpaired) electrons. The van der Waals surface area contributed by atoms with Crippen molar-refractivity contribution in [2.75, 3.05) is 11.9 Å². The Balaban J connectivity index is 1.42. The van der Waals surface area contributed by atoms with Crippen LogP contribution in [0.15, 0.2) is 59.1 Å². The Kier molecular flexibility index (Phi) is 4.67. The van der Waals surface area contributed by atoms with Crippen LogP contribution >= 0.6 is 0 Å². The number of carbonyl (C=O) groups is 2. The fourth-order valence-electron chi connectivity index (χ4n) is 2.84. The van der Waals surface area contributed by atoms with E-state index >= 15 is 0 Å². The van der Waals surface area contributed by atoms with Crippen molar-refractivity contribution in [1.29, 1.82) is 0 Å². The number of nitrogens with one attached hydrogen (secondary N) is 2. The lowest BCUT2D eigenvalue weighted by Gasteiger charge is -2.13. The summed E-state index contributed by atoms with van der Waals surface area (Å²) in [5.74, 6) is -0.0760. The van der Waals surface area contributed by atoms with Gasteiger partial charge in [-0.25, -0.2) is 0 Å². The molecule has 28 heavy (non-hydrogen) atoms. The minimum absolute atomic E-state index is 0.0176. The standard InChI is InChI=1S/C20H17N3O5/c24-13-6-7-15-18(9-13)27-11-17(20(26)21-15)22-19(25)16-10-14(28-23-16)8-12-4-2-1-3-5-12/h1-7,9-10,17,24H,8,11H2,(H,21,26)(H,22,25). The molecule has 2 heterocycles. The number of amides is 2. The largest absolute Gasteiger partial charge is 0.508 e. The molecule has 142 valence electrons. The molecule has 4 rings (SSSR count). The van der Waals surface area contributed by atoms with Crippen LogP contribution in [0.1, 0.15) is 21.8 Å². The van der Waals surface area contributed by atoms with Crippen LogP contribution in [0.4, 0.5) is 5.69 Å². The average molecular weight is 379 g/mol. The SMILES string of the molecule is O=C(NC1COc2cc(O)ccc2NC1=O)c1cc(Cc2ccccc2)on1. The highest BCUT2D eigenvalue weighted by Crippen LogP contribution is 2.30. The predicted octanol–water partition coefficient (Wildman–Crippen LogP) is 2.10. The van der Waals surface area contributed by atoms with Gasteiger partial charge >= 0.3 is 0 Å². The van der Waals surface area contributed by atoms with Crippen LogP contribution in [0.2, 0.25) is 0 Å². The Morgan fingerprint density at radius 3 is 2.86 bits per heavy atom. The monoisotopic (exact) mass is 379 g/mol. The number of carbonyl (C=O) groups excluding carboxylic acids is 2. The lowest BCUT2D eigenvalue weighted by Crippen LogP contribution is -2.46. The Morgan fingerprint density at radius 2 is 2.04 bits per heavy atom. The normalized spacial score (nSPS) is 15.7. The number of anilines is 1. The first-order valence-corrected chi connectivity index (χ1v) is 8.65.